The van der Waals surface area contributed by atoms with Crippen LogP contribution in [0.4, 0.5) is 11.4 Å². The second kappa shape index (κ2) is 7.99. The molecule has 0 unspecified atom stereocenters. The van der Waals surface area contributed by atoms with Crippen molar-refractivity contribution in [2.24, 2.45) is 0 Å². The van der Waals surface area contributed by atoms with Gasteiger partial charge >= 0.3 is 0 Å². The van der Waals surface area contributed by atoms with Gasteiger partial charge in [-0.3, -0.25) is 14.6 Å². The summed E-state index contributed by atoms with van der Waals surface area (Å²) in [5, 5.41) is 6.23. The molecule has 0 saturated heterocycles. The van der Waals surface area contributed by atoms with Crippen molar-refractivity contribution in [2.45, 2.75) is 0 Å². The Labute approximate surface area is 160 Å². The number of anilines is 2. The van der Waals surface area contributed by atoms with Gasteiger partial charge in [0.15, 0.2) is 0 Å². The molecule has 0 spiro atoms. The van der Waals surface area contributed by atoms with Crippen LogP contribution in [0.1, 0.15) is 20.7 Å². The molecule has 0 saturated carbocycles. The van der Waals surface area contributed by atoms with Gasteiger partial charge < -0.3 is 10.6 Å². The molecule has 5 nitrogen and oxygen atoms in total. The Morgan fingerprint density at radius 1 is 0.846 bits per heavy atom. The number of nitrogens with one attached hydrogen (secondary N) is 2. The summed E-state index contributed by atoms with van der Waals surface area (Å²) in [6, 6.07) is 14.8. The molecule has 0 bridgehead atoms. The van der Waals surface area contributed by atoms with Crippen LogP contribution in [0.15, 0.2) is 67.0 Å². The van der Waals surface area contributed by atoms with Gasteiger partial charge in [0, 0.05) is 28.8 Å². The quantitative estimate of drug-likeness (QED) is 0.671. The van der Waals surface area contributed by atoms with Crippen LogP contribution in [0.3, 0.4) is 0 Å². The fourth-order valence-corrected chi connectivity index (χ4v) is 2.58. The number of hydrogen-bond acceptors (Lipinski definition) is 3. The van der Waals surface area contributed by atoms with E-state index in [4.69, 9.17) is 23.2 Å². The van der Waals surface area contributed by atoms with Gasteiger partial charge in [-0.15, -0.1) is 0 Å². The van der Waals surface area contributed by atoms with Crippen molar-refractivity contribution in [1.82, 2.24) is 4.98 Å². The van der Waals surface area contributed by atoms with Crippen LogP contribution in [-0.4, -0.2) is 16.8 Å². The fraction of sp³-hybridized carbons (Fsp3) is 0. The Balaban J connectivity index is 1.67. The van der Waals surface area contributed by atoms with Crippen LogP contribution < -0.4 is 10.6 Å². The molecule has 2 amide bonds. The highest BCUT2D eigenvalue weighted by Gasteiger charge is 2.12. The first-order valence-electron chi connectivity index (χ1n) is 7.61. The zero-order valence-electron chi connectivity index (χ0n) is 13.4. The van der Waals surface area contributed by atoms with Gasteiger partial charge in [0.1, 0.15) is 0 Å². The van der Waals surface area contributed by atoms with E-state index in [2.05, 4.69) is 15.6 Å². The van der Waals surface area contributed by atoms with E-state index in [0.29, 0.717) is 27.0 Å². The number of hydrogen-bond donors (Lipinski definition) is 2. The minimum Gasteiger partial charge on any atom is -0.322 e. The highest BCUT2D eigenvalue weighted by molar-refractivity contribution is 6.36. The topological polar surface area (TPSA) is 71.1 Å². The average molecular weight is 386 g/mol. The Morgan fingerprint density at radius 3 is 2.12 bits per heavy atom. The third kappa shape index (κ3) is 4.39. The van der Waals surface area contributed by atoms with Crippen molar-refractivity contribution < 1.29 is 9.59 Å². The van der Waals surface area contributed by atoms with Crippen LogP contribution in [0.25, 0.3) is 0 Å². The smallest absolute Gasteiger partial charge is 0.257 e. The van der Waals surface area contributed by atoms with Crippen LogP contribution >= 0.6 is 23.2 Å². The summed E-state index contributed by atoms with van der Waals surface area (Å²) in [6.45, 7) is 0. The summed E-state index contributed by atoms with van der Waals surface area (Å²) in [5.74, 6) is -0.634. The zero-order valence-corrected chi connectivity index (χ0v) is 14.9. The van der Waals surface area contributed by atoms with Crippen molar-refractivity contribution in [3.63, 3.8) is 0 Å². The molecule has 1 aromatic heterocycles. The largest absolute Gasteiger partial charge is 0.322 e. The number of amides is 2. The van der Waals surface area contributed by atoms with Crippen LogP contribution in [0, 0.1) is 0 Å². The molecule has 130 valence electrons. The molecule has 1 heterocycles. The van der Waals surface area contributed by atoms with Gasteiger partial charge in [-0.25, -0.2) is 0 Å². The monoisotopic (exact) mass is 385 g/mol. The van der Waals surface area contributed by atoms with E-state index >= 15 is 0 Å². The minimum absolute atomic E-state index is 0.263. The molecule has 2 aromatic carbocycles. The zero-order chi connectivity index (χ0) is 18.5. The summed E-state index contributed by atoms with van der Waals surface area (Å²) >= 11 is 11.9. The van der Waals surface area contributed by atoms with Crippen molar-refractivity contribution >= 4 is 46.4 Å². The number of carbonyl (C=O) groups is 2. The van der Waals surface area contributed by atoms with Gasteiger partial charge in [0.25, 0.3) is 11.8 Å². The predicted molar refractivity (Wildman–Crippen MR) is 103 cm³/mol. The first-order valence-corrected chi connectivity index (χ1v) is 8.36. The lowest BCUT2D eigenvalue weighted by Crippen LogP contribution is -2.13. The molecular weight excluding hydrogens is 373 g/mol. The third-order valence-corrected chi connectivity index (χ3v) is 4.06. The molecular formula is C19H13Cl2N3O2. The van der Waals surface area contributed by atoms with Gasteiger partial charge in [0.2, 0.25) is 0 Å². The number of halogens is 2. The predicted octanol–water partition coefficient (Wildman–Crippen LogP) is 4.89. The van der Waals surface area contributed by atoms with E-state index in [1.165, 1.54) is 12.3 Å². The Kier molecular flexibility index (Phi) is 5.51. The molecule has 3 rings (SSSR count). The summed E-state index contributed by atoms with van der Waals surface area (Å²) in [4.78, 5) is 28.3. The van der Waals surface area contributed by atoms with E-state index in [-0.39, 0.29) is 17.4 Å². The standard InChI is InChI=1S/C19H13Cl2N3O2/c20-13-3-8-17(21)16(10-13)19(26)24-15-6-4-14(5-7-15)23-18(25)12-2-1-9-22-11-12/h1-11H,(H,23,25)(H,24,26). The number of nitrogens with zero attached hydrogens (tertiary/aromatic N) is 1. The lowest BCUT2D eigenvalue weighted by molar-refractivity contribution is 0.101. The minimum atomic E-state index is -0.371. The number of pyridine rings is 1. The molecule has 3 aromatic rings. The lowest BCUT2D eigenvalue weighted by atomic mass is 10.2. The second-order valence-corrected chi connectivity index (χ2v) is 6.20. The molecule has 7 heteroatoms. The van der Waals surface area contributed by atoms with Gasteiger partial charge in [-0.1, -0.05) is 23.2 Å². The van der Waals surface area contributed by atoms with Gasteiger partial charge in [-0.2, -0.15) is 0 Å². The maximum atomic E-state index is 12.3. The van der Waals surface area contributed by atoms with Crippen LogP contribution in [-0.2, 0) is 0 Å². The number of carbonyl (C=O) groups excluding carboxylic acids is 2. The number of benzene rings is 2. The first kappa shape index (κ1) is 17.9. The lowest BCUT2D eigenvalue weighted by Gasteiger charge is -2.09. The van der Waals surface area contributed by atoms with E-state index in [1.807, 2.05) is 0 Å². The maximum Gasteiger partial charge on any atom is 0.257 e. The third-order valence-electron chi connectivity index (χ3n) is 3.50. The van der Waals surface area contributed by atoms with E-state index in [1.54, 1.807) is 54.7 Å². The Morgan fingerprint density at radius 2 is 1.50 bits per heavy atom. The molecule has 0 atom stereocenters. The number of aromatic nitrogens is 1. The van der Waals surface area contributed by atoms with Gasteiger partial charge in [0.05, 0.1) is 16.1 Å². The summed E-state index contributed by atoms with van der Waals surface area (Å²) in [7, 11) is 0. The van der Waals surface area contributed by atoms with E-state index < -0.39 is 0 Å². The molecule has 2 N–H and O–H groups in total. The van der Waals surface area contributed by atoms with E-state index in [0.717, 1.165) is 0 Å². The molecule has 0 radical (unpaired) electrons. The van der Waals surface area contributed by atoms with Crippen molar-refractivity contribution in [1.29, 1.82) is 0 Å². The van der Waals surface area contributed by atoms with Crippen molar-refractivity contribution in [3.8, 4) is 0 Å². The van der Waals surface area contributed by atoms with Crippen LogP contribution in [0.2, 0.25) is 10.0 Å². The molecule has 0 aliphatic heterocycles. The first-order chi connectivity index (χ1) is 12.5. The molecule has 0 aliphatic carbocycles. The fourth-order valence-electron chi connectivity index (χ4n) is 2.21. The molecule has 26 heavy (non-hydrogen) atoms. The highest BCUT2D eigenvalue weighted by atomic mass is 35.5. The highest BCUT2D eigenvalue weighted by Crippen LogP contribution is 2.22. The molecule has 0 aliphatic rings. The van der Waals surface area contributed by atoms with E-state index in [9.17, 15) is 9.59 Å². The summed E-state index contributed by atoms with van der Waals surface area (Å²) in [6.07, 6.45) is 3.08. The van der Waals surface area contributed by atoms with Gasteiger partial charge in [-0.05, 0) is 54.6 Å². The van der Waals surface area contributed by atoms with Crippen LogP contribution in [0.5, 0.6) is 0 Å². The Bertz CT molecular complexity index is 945. The number of rotatable bonds is 4. The summed E-state index contributed by atoms with van der Waals surface area (Å²) < 4.78 is 0. The average Bonchev–Trinajstić information content (AvgIpc) is 2.66. The summed E-state index contributed by atoms with van der Waals surface area (Å²) in [5.41, 5.74) is 1.90. The van der Waals surface area contributed by atoms with Crippen molar-refractivity contribution in [2.75, 3.05) is 10.6 Å². The maximum absolute atomic E-state index is 12.3. The Hall–Kier alpha value is -2.89. The van der Waals surface area contributed by atoms with Crippen molar-refractivity contribution in [3.05, 3.63) is 88.2 Å². The molecule has 0 fully saturated rings. The normalized spacial score (nSPS) is 10.2. The SMILES string of the molecule is O=C(Nc1ccc(NC(=O)c2cc(Cl)ccc2Cl)cc1)c1cccnc1. The second-order valence-electron chi connectivity index (χ2n) is 5.35.